The molecule has 0 fully saturated rings. The van der Waals surface area contributed by atoms with Gasteiger partial charge in [-0.25, -0.2) is 4.21 Å². The molecule has 0 aromatic heterocycles. The van der Waals surface area contributed by atoms with E-state index in [1.165, 1.54) is 0 Å². The Hall–Kier alpha value is -1.34. The van der Waals surface area contributed by atoms with Crippen molar-refractivity contribution < 1.29 is 18.4 Å². The second-order valence-electron chi connectivity index (χ2n) is 1.57. The summed E-state index contributed by atoms with van der Waals surface area (Å²) >= 11 is -2.46. The van der Waals surface area contributed by atoms with E-state index in [9.17, 15) is 13.8 Å². The van der Waals surface area contributed by atoms with Gasteiger partial charge in [-0.1, -0.05) is 6.58 Å². The van der Waals surface area contributed by atoms with Crippen LogP contribution in [0.1, 0.15) is 0 Å². The van der Waals surface area contributed by atoms with Crippen LogP contribution in [0.4, 0.5) is 0 Å². The zero-order chi connectivity index (χ0) is 9.56. The van der Waals surface area contributed by atoms with Crippen molar-refractivity contribution in [1.29, 1.82) is 0 Å². The maximum absolute atomic E-state index is 10.2. The van der Waals surface area contributed by atoms with Crippen LogP contribution in [-0.4, -0.2) is 26.4 Å². The summed E-state index contributed by atoms with van der Waals surface area (Å²) in [6.07, 6.45) is 0.452. The Morgan fingerprint density at radius 1 is 1.50 bits per heavy atom. The van der Waals surface area contributed by atoms with E-state index in [1.54, 1.807) is 0 Å². The molecule has 0 rings (SSSR count). The van der Waals surface area contributed by atoms with Crippen LogP contribution in [-0.2, 0) is 20.7 Å². The fourth-order valence-corrected chi connectivity index (χ4v) is 0.466. The van der Waals surface area contributed by atoms with Gasteiger partial charge < -0.3 is 4.55 Å². The van der Waals surface area contributed by atoms with Gasteiger partial charge in [-0.05, 0) is 0 Å². The summed E-state index contributed by atoms with van der Waals surface area (Å²) < 4.78 is 18.6. The molecule has 0 aliphatic carbocycles. The van der Waals surface area contributed by atoms with Crippen molar-refractivity contribution in [3.8, 4) is 0 Å². The lowest BCUT2D eigenvalue weighted by Crippen LogP contribution is -2.15. The van der Waals surface area contributed by atoms with Gasteiger partial charge in [-0.2, -0.15) is 5.10 Å². The minimum atomic E-state index is -2.46. The van der Waals surface area contributed by atoms with Crippen molar-refractivity contribution in [3.05, 3.63) is 12.3 Å². The van der Waals surface area contributed by atoms with Gasteiger partial charge in [-0.3, -0.25) is 15.0 Å². The summed E-state index contributed by atoms with van der Waals surface area (Å²) in [4.78, 5) is 19.9. The number of carbonyl (C=O) groups is 2. The maximum atomic E-state index is 10.2. The minimum Gasteiger partial charge on any atom is -0.301 e. The second-order valence-corrected chi connectivity index (χ2v) is 2.49. The van der Waals surface area contributed by atoms with E-state index in [4.69, 9.17) is 4.55 Å². The van der Waals surface area contributed by atoms with Gasteiger partial charge in [0.2, 0.25) is 16.1 Å². The molecule has 0 heterocycles. The predicted octanol–water partition coefficient (Wildman–Crippen LogP) is -0.977. The van der Waals surface area contributed by atoms with Gasteiger partial charge in [-0.15, -0.1) is 0 Å². The third kappa shape index (κ3) is 3.74. The molecule has 0 saturated carbocycles. The Morgan fingerprint density at radius 2 is 2.08 bits per heavy atom. The van der Waals surface area contributed by atoms with Crippen LogP contribution >= 0.6 is 0 Å². The van der Waals surface area contributed by atoms with Crippen LogP contribution in [0.3, 0.4) is 0 Å². The maximum Gasteiger partial charge on any atom is 0.214 e. The Morgan fingerprint density at radius 3 is 2.42 bits per heavy atom. The molecule has 7 heteroatoms. The number of hydrogen-bond acceptors (Lipinski definition) is 5. The second kappa shape index (κ2) is 5.33. The third-order valence-corrected chi connectivity index (χ3v) is 1.28. The molecule has 6 nitrogen and oxygen atoms in total. The van der Waals surface area contributed by atoms with Crippen LogP contribution in [0.2, 0.25) is 0 Å². The molecule has 0 saturated heterocycles. The lowest BCUT2D eigenvalue weighted by atomic mass is 10.6. The molecular formula is C5H6N2O4S. The highest BCUT2D eigenvalue weighted by Crippen LogP contribution is 1.81. The van der Waals surface area contributed by atoms with E-state index in [0.29, 0.717) is 6.29 Å². The Labute approximate surface area is 70.6 Å². The fourth-order valence-electron chi connectivity index (χ4n) is 0.260. The average Bonchev–Trinajstić information content (AvgIpc) is 2.04. The number of allylic oxidation sites excluding steroid dienone is 1. The molecule has 12 heavy (non-hydrogen) atoms. The average molecular weight is 190 g/mol. The molecular weight excluding hydrogens is 184 g/mol. The normalized spacial score (nSPS) is 13.2. The van der Waals surface area contributed by atoms with Crippen LogP contribution < -0.4 is 5.43 Å². The summed E-state index contributed by atoms with van der Waals surface area (Å²) in [7, 11) is 0. The van der Waals surface area contributed by atoms with Crippen LogP contribution in [0.25, 0.3) is 0 Å². The molecule has 2 N–H and O–H groups in total. The van der Waals surface area contributed by atoms with Gasteiger partial charge in [0.05, 0.1) is 5.70 Å². The van der Waals surface area contributed by atoms with Gasteiger partial charge in [0.15, 0.2) is 12.6 Å². The highest BCUT2D eigenvalue weighted by molar-refractivity contribution is 7.97. The smallest absolute Gasteiger partial charge is 0.214 e. The Kier molecular flexibility index (Phi) is 4.73. The predicted molar refractivity (Wildman–Crippen MR) is 42.6 cm³/mol. The Bertz CT molecular complexity index is 260. The highest BCUT2D eigenvalue weighted by Gasteiger charge is 2.03. The summed E-state index contributed by atoms with van der Waals surface area (Å²) in [5, 5.41) is 2.52. The van der Waals surface area contributed by atoms with Crippen molar-refractivity contribution in [3.63, 3.8) is 0 Å². The van der Waals surface area contributed by atoms with Crippen molar-refractivity contribution in [2.24, 2.45) is 5.10 Å². The van der Waals surface area contributed by atoms with Crippen molar-refractivity contribution >= 4 is 28.7 Å². The Balaban J connectivity index is 4.31. The molecule has 0 radical (unpaired) electrons. The molecule has 0 aromatic carbocycles. The van der Waals surface area contributed by atoms with Gasteiger partial charge in [0.25, 0.3) is 0 Å². The first-order valence-corrected chi connectivity index (χ1v) is 3.76. The lowest BCUT2D eigenvalue weighted by molar-refractivity contribution is -0.105. The van der Waals surface area contributed by atoms with E-state index >= 15 is 0 Å². The number of nitrogens with zero attached hydrogens (tertiary/aromatic N) is 1. The molecule has 1 atom stereocenters. The largest absolute Gasteiger partial charge is 0.301 e. The number of rotatable bonds is 4. The molecule has 1 unspecified atom stereocenters. The monoisotopic (exact) mass is 190 g/mol. The SMILES string of the molecule is C=C(C=O)NN=C(C=O)S(=O)O. The van der Waals surface area contributed by atoms with Crippen molar-refractivity contribution in [1.82, 2.24) is 5.43 Å². The van der Waals surface area contributed by atoms with E-state index in [1.807, 2.05) is 5.43 Å². The standard InChI is InChI=1S/C5H6N2O4S/c1-4(2-8)6-7-5(3-9)12(10)11/h2-3,6H,1H2,(H,10,11). The van der Waals surface area contributed by atoms with Gasteiger partial charge in [0, 0.05) is 0 Å². The topological polar surface area (TPSA) is 95.8 Å². The van der Waals surface area contributed by atoms with E-state index in [-0.39, 0.29) is 12.0 Å². The van der Waals surface area contributed by atoms with Gasteiger partial charge >= 0.3 is 0 Å². The summed E-state index contributed by atoms with van der Waals surface area (Å²) in [6.45, 7) is 3.16. The quantitative estimate of drug-likeness (QED) is 0.148. The molecule has 0 aliphatic rings. The minimum absolute atomic E-state index is 0.0984. The molecule has 0 aromatic rings. The lowest BCUT2D eigenvalue weighted by Gasteiger charge is -1.95. The first kappa shape index (κ1) is 10.7. The number of hydrazone groups is 1. The third-order valence-electron chi connectivity index (χ3n) is 0.732. The van der Waals surface area contributed by atoms with E-state index < -0.39 is 16.1 Å². The zero-order valence-corrected chi connectivity index (χ0v) is 6.71. The summed E-state index contributed by atoms with van der Waals surface area (Å²) in [6, 6.07) is 0. The van der Waals surface area contributed by atoms with Crippen LogP contribution in [0.15, 0.2) is 17.4 Å². The van der Waals surface area contributed by atoms with Crippen LogP contribution in [0.5, 0.6) is 0 Å². The number of aldehydes is 2. The first-order valence-electron chi connectivity index (χ1n) is 2.65. The van der Waals surface area contributed by atoms with Crippen LogP contribution in [0, 0.1) is 0 Å². The van der Waals surface area contributed by atoms with E-state index in [0.717, 1.165) is 0 Å². The summed E-state index contributed by atoms with van der Waals surface area (Å²) in [5.41, 5.74) is 1.89. The first-order chi connectivity index (χ1) is 5.61. The molecule has 0 aliphatic heterocycles. The molecule has 66 valence electrons. The fraction of sp³-hybridized carbons (Fsp3) is 0. The number of hydrogen-bond donors (Lipinski definition) is 2. The van der Waals surface area contributed by atoms with Crippen molar-refractivity contribution in [2.45, 2.75) is 0 Å². The molecule has 0 spiro atoms. The van der Waals surface area contributed by atoms with Crippen molar-refractivity contribution in [2.75, 3.05) is 0 Å². The molecule has 0 bridgehead atoms. The van der Waals surface area contributed by atoms with Gasteiger partial charge in [0.1, 0.15) is 0 Å². The number of carbonyl (C=O) groups excluding carboxylic acids is 2. The zero-order valence-electron chi connectivity index (χ0n) is 5.89. The van der Waals surface area contributed by atoms with E-state index in [2.05, 4.69) is 11.7 Å². The highest BCUT2D eigenvalue weighted by atomic mass is 32.2. The molecule has 0 amide bonds. The number of nitrogens with one attached hydrogen (secondary N) is 1. The summed E-state index contributed by atoms with van der Waals surface area (Å²) in [5.74, 6) is 0.